The predicted octanol–water partition coefficient (Wildman–Crippen LogP) is 2.00. The topological polar surface area (TPSA) is 40.5 Å². The molecule has 0 fully saturated rings. The summed E-state index contributed by atoms with van der Waals surface area (Å²) in [5.41, 5.74) is 1.85. The molecule has 1 aliphatic rings. The highest BCUT2D eigenvalue weighted by atomic mass is 16.3. The lowest BCUT2D eigenvalue weighted by atomic mass is 9.80. The molecule has 1 aliphatic carbocycles. The van der Waals surface area contributed by atoms with Crippen molar-refractivity contribution in [1.82, 2.24) is 0 Å². The van der Waals surface area contributed by atoms with Gasteiger partial charge in [0.15, 0.2) is 0 Å². The van der Waals surface area contributed by atoms with E-state index >= 15 is 0 Å². The van der Waals surface area contributed by atoms with Gasteiger partial charge in [0.1, 0.15) is 0 Å². The van der Waals surface area contributed by atoms with E-state index in [0.29, 0.717) is 6.42 Å². The van der Waals surface area contributed by atoms with Crippen LogP contribution >= 0.6 is 0 Å². The fourth-order valence-electron chi connectivity index (χ4n) is 1.85. The van der Waals surface area contributed by atoms with Gasteiger partial charge in [0.25, 0.3) is 0 Å². The van der Waals surface area contributed by atoms with Crippen LogP contribution in [0.2, 0.25) is 0 Å². The molecule has 16 heavy (non-hydrogen) atoms. The molecule has 0 heterocycles. The van der Waals surface area contributed by atoms with Gasteiger partial charge >= 0.3 is 0 Å². The van der Waals surface area contributed by atoms with Crippen molar-refractivity contribution in [3.05, 3.63) is 54.1 Å². The lowest BCUT2D eigenvalue weighted by molar-refractivity contribution is 0.0952. The summed E-state index contributed by atoms with van der Waals surface area (Å²) in [7, 11) is 0. The lowest BCUT2D eigenvalue weighted by Gasteiger charge is -2.27. The summed E-state index contributed by atoms with van der Waals surface area (Å²) in [6.07, 6.45) is 6.64. The van der Waals surface area contributed by atoms with Gasteiger partial charge in [-0.1, -0.05) is 48.6 Å². The number of hydrogen-bond acceptors (Lipinski definition) is 2. The lowest BCUT2D eigenvalue weighted by Crippen LogP contribution is -2.28. The third-order valence-corrected chi connectivity index (χ3v) is 3.08. The molecule has 0 unspecified atom stereocenters. The molecule has 0 spiro atoms. The Kier molecular flexibility index (Phi) is 3.22. The van der Waals surface area contributed by atoms with E-state index < -0.39 is 5.41 Å². The second-order valence-electron chi connectivity index (χ2n) is 4.24. The van der Waals surface area contributed by atoms with E-state index in [-0.39, 0.29) is 13.2 Å². The van der Waals surface area contributed by atoms with E-state index in [1.165, 1.54) is 5.56 Å². The Hall–Kier alpha value is -1.38. The molecule has 0 saturated heterocycles. The fraction of sp³-hybridized carbons (Fsp3) is 0.286. The molecule has 2 heteroatoms. The van der Waals surface area contributed by atoms with E-state index in [1.54, 1.807) is 0 Å². The van der Waals surface area contributed by atoms with Gasteiger partial charge in [-0.15, -0.1) is 0 Å². The fourth-order valence-corrected chi connectivity index (χ4v) is 1.85. The van der Waals surface area contributed by atoms with Gasteiger partial charge in [0, 0.05) is 5.41 Å². The summed E-state index contributed by atoms with van der Waals surface area (Å²) < 4.78 is 0. The van der Waals surface area contributed by atoms with Crippen LogP contribution < -0.4 is 0 Å². The van der Waals surface area contributed by atoms with Crippen LogP contribution in [0, 0.1) is 5.41 Å². The Morgan fingerprint density at radius 3 is 2.25 bits per heavy atom. The predicted molar refractivity (Wildman–Crippen MR) is 64.8 cm³/mol. The van der Waals surface area contributed by atoms with Crippen LogP contribution in [0.15, 0.2) is 48.6 Å². The van der Waals surface area contributed by atoms with Crippen molar-refractivity contribution in [3.63, 3.8) is 0 Å². The van der Waals surface area contributed by atoms with Crippen LogP contribution in [0.1, 0.15) is 12.0 Å². The van der Waals surface area contributed by atoms with Gasteiger partial charge in [-0.05, 0) is 17.6 Å². The highest BCUT2D eigenvalue weighted by molar-refractivity contribution is 5.75. The minimum absolute atomic E-state index is 0.0153. The zero-order valence-electron chi connectivity index (χ0n) is 9.13. The molecule has 0 radical (unpaired) electrons. The van der Waals surface area contributed by atoms with E-state index in [9.17, 15) is 10.2 Å². The standard InChI is InChI=1S/C14H16O2/c15-10-14(11-16)8-6-13(7-9-14)12-4-2-1-3-5-12/h1-8,15-16H,9-11H2. The minimum atomic E-state index is -0.474. The van der Waals surface area contributed by atoms with Crippen molar-refractivity contribution in [3.8, 4) is 0 Å². The number of aliphatic hydroxyl groups excluding tert-OH is 2. The molecule has 0 bridgehead atoms. The van der Waals surface area contributed by atoms with Gasteiger partial charge in [0.2, 0.25) is 0 Å². The molecule has 84 valence electrons. The normalized spacial score (nSPS) is 18.2. The summed E-state index contributed by atoms with van der Waals surface area (Å²) >= 11 is 0. The van der Waals surface area contributed by atoms with Gasteiger partial charge in [0.05, 0.1) is 13.2 Å². The maximum absolute atomic E-state index is 9.26. The first-order valence-corrected chi connectivity index (χ1v) is 5.46. The summed E-state index contributed by atoms with van der Waals surface area (Å²) in [5, 5.41) is 18.5. The van der Waals surface area contributed by atoms with Crippen LogP contribution in [-0.4, -0.2) is 23.4 Å². The molecule has 0 saturated carbocycles. The molecular weight excluding hydrogens is 200 g/mol. The van der Waals surface area contributed by atoms with E-state index in [1.807, 2.05) is 30.4 Å². The van der Waals surface area contributed by atoms with E-state index in [4.69, 9.17) is 0 Å². The van der Waals surface area contributed by atoms with Crippen LogP contribution in [0.4, 0.5) is 0 Å². The molecular formula is C14H16O2. The highest BCUT2D eigenvalue weighted by Crippen LogP contribution is 2.32. The Morgan fingerprint density at radius 2 is 1.75 bits per heavy atom. The van der Waals surface area contributed by atoms with Gasteiger partial charge in [-0.25, -0.2) is 0 Å². The molecule has 0 aliphatic heterocycles. The largest absolute Gasteiger partial charge is 0.395 e. The number of hydrogen-bond donors (Lipinski definition) is 2. The quantitative estimate of drug-likeness (QED) is 0.811. The summed E-state index contributed by atoms with van der Waals surface area (Å²) in [6, 6.07) is 10.1. The van der Waals surface area contributed by atoms with Crippen molar-refractivity contribution in [2.45, 2.75) is 6.42 Å². The smallest absolute Gasteiger partial charge is 0.0547 e. The van der Waals surface area contributed by atoms with Crippen molar-refractivity contribution in [1.29, 1.82) is 0 Å². The average molecular weight is 216 g/mol. The maximum atomic E-state index is 9.26. The van der Waals surface area contributed by atoms with E-state index in [0.717, 1.165) is 5.57 Å². The number of allylic oxidation sites excluding steroid dienone is 3. The molecule has 0 amide bonds. The zero-order chi connectivity index (χ0) is 11.4. The first kappa shape index (κ1) is 11.1. The van der Waals surface area contributed by atoms with Gasteiger partial charge in [-0.2, -0.15) is 0 Å². The van der Waals surface area contributed by atoms with Crippen molar-refractivity contribution < 1.29 is 10.2 Å². The van der Waals surface area contributed by atoms with Crippen molar-refractivity contribution in [2.24, 2.45) is 5.41 Å². The van der Waals surface area contributed by atoms with Crippen LogP contribution in [-0.2, 0) is 0 Å². The third-order valence-electron chi connectivity index (χ3n) is 3.08. The average Bonchev–Trinajstić information content (AvgIpc) is 2.40. The van der Waals surface area contributed by atoms with Crippen LogP contribution in [0.25, 0.3) is 5.57 Å². The van der Waals surface area contributed by atoms with Gasteiger partial charge in [-0.3, -0.25) is 0 Å². The molecule has 0 aromatic heterocycles. The monoisotopic (exact) mass is 216 g/mol. The second-order valence-corrected chi connectivity index (χ2v) is 4.24. The van der Waals surface area contributed by atoms with Crippen LogP contribution in [0.5, 0.6) is 0 Å². The molecule has 1 aromatic rings. The van der Waals surface area contributed by atoms with Crippen molar-refractivity contribution in [2.75, 3.05) is 13.2 Å². The second kappa shape index (κ2) is 4.64. The SMILES string of the molecule is OCC1(CO)C=CC(c2ccccc2)=CC1. The Balaban J connectivity index is 2.20. The molecule has 2 nitrogen and oxygen atoms in total. The summed E-state index contributed by atoms with van der Waals surface area (Å²) in [6.45, 7) is -0.0306. The maximum Gasteiger partial charge on any atom is 0.0547 e. The Bertz CT molecular complexity index is 400. The molecule has 2 N–H and O–H groups in total. The number of aliphatic hydroxyl groups is 2. The van der Waals surface area contributed by atoms with E-state index in [2.05, 4.69) is 18.2 Å². The number of benzene rings is 1. The summed E-state index contributed by atoms with van der Waals surface area (Å²) in [5.74, 6) is 0. The Morgan fingerprint density at radius 1 is 1.06 bits per heavy atom. The third kappa shape index (κ3) is 2.08. The highest BCUT2D eigenvalue weighted by Gasteiger charge is 2.26. The molecule has 1 aromatic carbocycles. The van der Waals surface area contributed by atoms with Crippen molar-refractivity contribution >= 4 is 5.57 Å². The zero-order valence-corrected chi connectivity index (χ0v) is 9.13. The molecule has 2 rings (SSSR count). The number of rotatable bonds is 3. The minimum Gasteiger partial charge on any atom is -0.395 e. The van der Waals surface area contributed by atoms with Crippen LogP contribution in [0.3, 0.4) is 0 Å². The summed E-state index contributed by atoms with van der Waals surface area (Å²) in [4.78, 5) is 0. The first-order chi connectivity index (χ1) is 7.79. The Labute approximate surface area is 95.6 Å². The van der Waals surface area contributed by atoms with Gasteiger partial charge < -0.3 is 10.2 Å². The molecule has 0 atom stereocenters. The first-order valence-electron chi connectivity index (χ1n) is 5.46.